The molecule has 0 fully saturated rings. The predicted octanol–water partition coefficient (Wildman–Crippen LogP) is 2.80. The Morgan fingerprint density at radius 3 is 2.76 bits per heavy atom. The number of aromatic nitrogens is 2. The molecule has 0 amide bonds. The molecule has 1 heterocycles. The van der Waals surface area contributed by atoms with Crippen molar-refractivity contribution in [1.82, 2.24) is 9.97 Å². The lowest BCUT2D eigenvalue weighted by molar-refractivity contribution is -0.0493. The molecule has 0 saturated heterocycles. The van der Waals surface area contributed by atoms with Crippen LogP contribution in [0, 0.1) is 0 Å². The highest BCUT2D eigenvalue weighted by molar-refractivity contribution is 5.74. The van der Waals surface area contributed by atoms with Gasteiger partial charge in [-0.3, -0.25) is 0 Å². The number of nitrogens with zero attached hydrogens (tertiary/aromatic N) is 2. The van der Waals surface area contributed by atoms with Crippen LogP contribution in [0.2, 0.25) is 0 Å². The van der Waals surface area contributed by atoms with E-state index in [1.807, 2.05) is 0 Å². The van der Waals surface area contributed by atoms with E-state index in [1.165, 1.54) is 12.4 Å². The summed E-state index contributed by atoms with van der Waals surface area (Å²) >= 11 is 0. The zero-order valence-electron chi connectivity index (χ0n) is 11.2. The number of para-hydroxylation sites is 2. The number of alkyl halides is 2. The van der Waals surface area contributed by atoms with E-state index in [-0.39, 0.29) is 23.1 Å². The van der Waals surface area contributed by atoms with Gasteiger partial charge in [-0.1, -0.05) is 12.1 Å². The van der Waals surface area contributed by atoms with E-state index in [4.69, 9.17) is 10.5 Å². The van der Waals surface area contributed by atoms with Gasteiger partial charge in [0.05, 0.1) is 12.3 Å². The van der Waals surface area contributed by atoms with E-state index in [0.29, 0.717) is 12.3 Å². The van der Waals surface area contributed by atoms with Crippen LogP contribution in [0.4, 0.5) is 26.0 Å². The second kappa shape index (κ2) is 6.69. The van der Waals surface area contributed by atoms with Crippen LogP contribution < -0.4 is 20.5 Å². The van der Waals surface area contributed by atoms with Crippen molar-refractivity contribution in [2.75, 3.05) is 17.7 Å². The predicted molar refractivity (Wildman–Crippen MR) is 74.0 cm³/mol. The lowest BCUT2D eigenvalue weighted by atomic mass is 10.3. The summed E-state index contributed by atoms with van der Waals surface area (Å²) in [7, 11) is 0. The van der Waals surface area contributed by atoms with Crippen molar-refractivity contribution in [3.8, 4) is 11.6 Å². The van der Waals surface area contributed by atoms with Gasteiger partial charge >= 0.3 is 6.61 Å². The minimum atomic E-state index is -2.92. The molecule has 1 aromatic heterocycles. The quantitative estimate of drug-likeness (QED) is 0.853. The molecule has 3 N–H and O–H groups in total. The number of nitrogen functional groups attached to an aromatic ring is 1. The topological polar surface area (TPSA) is 82.3 Å². The Kier molecular flexibility index (Phi) is 4.70. The van der Waals surface area contributed by atoms with Crippen LogP contribution >= 0.6 is 0 Å². The molecular weight excluding hydrogens is 282 g/mol. The molecule has 21 heavy (non-hydrogen) atoms. The molecule has 0 radical (unpaired) electrons. The first-order valence-corrected chi connectivity index (χ1v) is 6.16. The smallest absolute Gasteiger partial charge is 0.387 e. The Morgan fingerprint density at radius 1 is 1.29 bits per heavy atom. The molecule has 0 aliphatic rings. The summed E-state index contributed by atoms with van der Waals surface area (Å²) in [5.74, 6) is 0.462. The maximum Gasteiger partial charge on any atom is 0.387 e. The highest BCUT2D eigenvalue weighted by atomic mass is 19.3. The van der Waals surface area contributed by atoms with Gasteiger partial charge in [-0.15, -0.1) is 0 Å². The lowest BCUT2D eigenvalue weighted by Crippen LogP contribution is -2.07. The zero-order chi connectivity index (χ0) is 15.2. The molecule has 2 rings (SSSR count). The van der Waals surface area contributed by atoms with Crippen LogP contribution in [0.1, 0.15) is 6.92 Å². The molecule has 112 valence electrons. The van der Waals surface area contributed by atoms with Crippen LogP contribution in [0.5, 0.6) is 11.6 Å². The number of hydrogen-bond donors (Lipinski definition) is 2. The fourth-order valence-corrected chi connectivity index (χ4v) is 1.63. The second-order valence-electron chi connectivity index (χ2n) is 3.87. The van der Waals surface area contributed by atoms with E-state index in [2.05, 4.69) is 20.0 Å². The highest BCUT2D eigenvalue weighted by Gasteiger charge is 2.13. The van der Waals surface area contributed by atoms with Gasteiger partial charge in [-0.25, -0.2) is 4.98 Å². The highest BCUT2D eigenvalue weighted by Crippen LogP contribution is 2.32. The second-order valence-corrected chi connectivity index (χ2v) is 3.87. The van der Waals surface area contributed by atoms with Crippen molar-refractivity contribution in [3.05, 3.63) is 30.6 Å². The molecule has 1 aromatic carbocycles. The van der Waals surface area contributed by atoms with Gasteiger partial charge in [-0.2, -0.15) is 13.8 Å². The Balaban J connectivity index is 2.28. The number of halogens is 2. The normalized spacial score (nSPS) is 10.5. The lowest BCUT2D eigenvalue weighted by Gasteiger charge is -2.14. The van der Waals surface area contributed by atoms with E-state index in [0.717, 1.165) is 0 Å². The first-order valence-electron chi connectivity index (χ1n) is 6.16. The maximum absolute atomic E-state index is 12.4. The third-order valence-electron chi connectivity index (χ3n) is 2.48. The molecule has 8 heteroatoms. The summed E-state index contributed by atoms with van der Waals surface area (Å²) < 4.78 is 34.4. The summed E-state index contributed by atoms with van der Waals surface area (Å²) in [6, 6.07) is 6.23. The van der Waals surface area contributed by atoms with Gasteiger partial charge in [0, 0.05) is 0 Å². The number of nitrogens with one attached hydrogen (secondary N) is 1. The molecule has 0 bridgehead atoms. The fourth-order valence-electron chi connectivity index (χ4n) is 1.63. The molecule has 0 aliphatic carbocycles. The van der Waals surface area contributed by atoms with E-state index < -0.39 is 6.61 Å². The summed E-state index contributed by atoms with van der Waals surface area (Å²) in [6.45, 7) is -0.735. The summed E-state index contributed by atoms with van der Waals surface area (Å²) in [5, 5.41) is 2.83. The van der Waals surface area contributed by atoms with E-state index in [1.54, 1.807) is 25.1 Å². The summed E-state index contributed by atoms with van der Waals surface area (Å²) in [6.07, 6.45) is 1.26. The van der Waals surface area contributed by atoms with Crippen molar-refractivity contribution in [1.29, 1.82) is 0 Å². The van der Waals surface area contributed by atoms with Gasteiger partial charge in [0.1, 0.15) is 17.8 Å². The van der Waals surface area contributed by atoms with Crippen molar-refractivity contribution >= 4 is 17.2 Å². The van der Waals surface area contributed by atoms with Crippen molar-refractivity contribution in [2.45, 2.75) is 13.5 Å². The van der Waals surface area contributed by atoms with Gasteiger partial charge in [-0.05, 0) is 19.1 Å². The minimum Gasteiger partial charge on any atom is -0.476 e. The largest absolute Gasteiger partial charge is 0.476 e. The third-order valence-corrected chi connectivity index (χ3v) is 2.48. The van der Waals surface area contributed by atoms with E-state index >= 15 is 0 Å². The molecule has 6 nitrogen and oxygen atoms in total. The Morgan fingerprint density at radius 2 is 2.05 bits per heavy atom. The first-order chi connectivity index (χ1) is 10.1. The van der Waals surface area contributed by atoms with Crippen molar-refractivity contribution in [3.63, 3.8) is 0 Å². The number of benzene rings is 1. The van der Waals surface area contributed by atoms with Crippen LogP contribution in [-0.4, -0.2) is 23.2 Å². The van der Waals surface area contributed by atoms with Gasteiger partial charge < -0.3 is 20.5 Å². The number of nitrogens with two attached hydrogens (primary N) is 1. The van der Waals surface area contributed by atoms with Gasteiger partial charge in [0.25, 0.3) is 0 Å². The first kappa shape index (κ1) is 14.8. The Hall–Kier alpha value is -2.64. The molecule has 2 aromatic rings. The van der Waals surface area contributed by atoms with Crippen LogP contribution in [0.3, 0.4) is 0 Å². The van der Waals surface area contributed by atoms with Crippen molar-refractivity contribution < 1.29 is 18.3 Å². The van der Waals surface area contributed by atoms with Gasteiger partial charge in [0.2, 0.25) is 5.88 Å². The van der Waals surface area contributed by atoms with Crippen molar-refractivity contribution in [2.24, 2.45) is 0 Å². The third kappa shape index (κ3) is 3.68. The summed E-state index contributed by atoms with van der Waals surface area (Å²) in [5.41, 5.74) is 6.36. The maximum atomic E-state index is 12.4. The average molecular weight is 296 g/mol. The standard InChI is InChI=1S/C13H14F2N4O2/c1-2-20-12-10(16)11(17-7-18-12)19-8-5-3-4-6-9(8)21-13(14)15/h3-7,13H,2,16H2,1H3,(H,17,18,19). The van der Waals surface area contributed by atoms with Crippen LogP contribution in [0.15, 0.2) is 30.6 Å². The fraction of sp³-hybridized carbons (Fsp3) is 0.231. The average Bonchev–Trinajstić information content (AvgIpc) is 2.45. The molecular formula is C13H14F2N4O2. The molecule has 0 saturated carbocycles. The van der Waals surface area contributed by atoms with E-state index in [9.17, 15) is 8.78 Å². The SMILES string of the molecule is CCOc1ncnc(Nc2ccccc2OC(F)F)c1N. The molecule has 0 atom stereocenters. The summed E-state index contributed by atoms with van der Waals surface area (Å²) in [4.78, 5) is 7.86. The number of ether oxygens (including phenoxy) is 2. The van der Waals surface area contributed by atoms with Crippen LogP contribution in [-0.2, 0) is 0 Å². The zero-order valence-corrected chi connectivity index (χ0v) is 11.2. The number of hydrogen-bond acceptors (Lipinski definition) is 6. The molecule has 0 aliphatic heterocycles. The number of rotatable bonds is 6. The Bertz CT molecular complexity index is 610. The van der Waals surface area contributed by atoms with Crippen LogP contribution in [0.25, 0.3) is 0 Å². The molecule has 0 unspecified atom stereocenters. The van der Waals surface area contributed by atoms with Gasteiger partial charge in [0.15, 0.2) is 5.82 Å². The molecule has 0 spiro atoms. The minimum absolute atomic E-state index is 0.0107. The Labute approximate surface area is 119 Å². The monoisotopic (exact) mass is 296 g/mol. The number of anilines is 3.